The molecule has 2 heterocycles. The SMILES string of the molecule is CC(=O)n1cc(C(=O)NCCN2CCOCC2)c2cc(Cl)ccc21. The third kappa shape index (κ3) is 3.61. The number of nitrogens with one attached hydrogen (secondary N) is 1. The van der Waals surface area contributed by atoms with Gasteiger partial charge in [-0.2, -0.15) is 0 Å². The van der Waals surface area contributed by atoms with E-state index in [-0.39, 0.29) is 11.8 Å². The van der Waals surface area contributed by atoms with Gasteiger partial charge in [0.25, 0.3) is 5.91 Å². The smallest absolute Gasteiger partial charge is 0.253 e. The third-order valence-electron chi connectivity index (χ3n) is 4.17. The van der Waals surface area contributed by atoms with Gasteiger partial charge < -0.3 is 10.1 Å². The van der Waals surface area contributed by atoms with Crippen LogP contribution in [0.1, 0.15) is 22.1 Å². The van der Waals surface area contributed by atoms with Gasteiger partial charge in [0.15, 0.2) is 0 Å². The molecule has 1 N–H and O–H groups in total. The average Bonchev–Trinajstić information content (AvgIpc) is 2.94. The van der Waals surface area contributed by atoms with Gasteiger partial charge in [0.2, 0.25) is 5.91 Å². The first-order valence-electron chi connectivity index (χ1n) is 7.96. The Bertz CT molecular complexity index is 766. The van der Waals surface area contributed by atoms with E-state index in [1.165, 1.54) is 11.5 Å². The number of carbonyl (C=O) groups is 2. The van der Waals surface area contributed by atoms with Crippen molar-refractivity contribution >= 4 is 34.3 Å². The number of carbonyl (C=O) groups excluding carboxylic acids is 2. The largest absolute Gasteiger partial charge is 0.379 e. The molecule has 0 radical (unpaired) electrons. The number of ether oxygens (including phenoxy) is 1. The number of nitrogens with zero attached hydrogens (tertiary/aromatic N) is 2. The van der Waals surface area contributed by atoms with Crippen LogP contribution in [-0.4, -0.2) is 60.7 Å². The van der Waals surface area contributed by atoms with Gasteiger partial charge in [-0.25, -0.2) is 0 Å². The number of aromatic nitrogens is 1. The first-order valence-corrected chi connectivity index (χ1v) is 8.34. The maximum Gasteiger partial charge on any atom is 0.253 e. The topological polar surface area (TPSA) is 63.6 Å². The number of hydrogen-bond donors (Lipinski definition) is 1. The second-order valence-electron chi connectivity index (χ2n) is 5.80. The van der Waals surface area contributed by atoms with E-state index in [1.807, 2.05) is 0 Å². The molecule has 1 fully saturated rings. The van der Waals surface area contributed by atoms with Crippen molar-refractivity contribution in [2.24, 2.45) is 0 Å². The van der Waals surface area contributed by atoms with Gasteiger partial charge in [0.1, 0.15) is 0 Å². The Morgan fingerprint density at radius 2 is 2.04 bits per heavy atom. The Kier molecular flexibility index (Phi) is 5.18. The van der Waals surface area contributed by atoms with E-state index in [0.717, 1.165) is 32.8 Å². The van der Waals surface area contributed by atoms with Crippen LogP contribution in [-0.2, 0) is 4.74 Å². The van der Waals surface area contributed by atoms with E-state index in [9.17, 15) is 9.59 Å². The molecule has 0 unspecified atom stereocenters. The van der Waals surface area contributed by atoms with Gasteiger partial charge >= 0.3 is 0 Å². The highest BCUT2D eigenvalue weighted by atomic mass is 35.5. The van der Waals surface area contributed by atoms with E-state index in [2.05, 4.69) is 10.2 Å². The molecule has 3 rings (SSSR count). The fourth-order valence-electron chi connectivity index (χ4n) is 2.89. The van der Waals surface area contributed by atoms with Crippen LogP contribution in [0.15, 0.2) is 24.4 Å². The lowest BCUT2D eigenvalue weighted by Gasteiger charge is -2.26. The number of halogens is 1. The fraction of sp³-hybridized carbons (Fsp3) is 0.412. The zero-order valence-corrected chi connectivity index (χ0v) is 14.3. The van der Waals surface area contributed by atoms with Gasteiger partial charge in [0, 0.05) is 49.7 Å². The first-order chi connectivity index (χ1) is 11.6. The fourth-order valence-corrected chi connectivity index (χ4v) is 3.06. The van der Waals surface area contributed by atoms with Crippen LogP contribution in [0.3, 0.4) is 0 Å². The average molecular weight is 350 g/mol. The minimum atomic E-state index is -0.199. The molecule has 128 valence electrons. The lowest BCUT2D eigenvalue weighted by molar-refractivity contribution is 0.0383. The van der Waals surface area contributed by atoms with Crippen molar-refractivity contribution in [3.8, 4) is 0 Å². The van der Waals surface area contributed by atoms with Crippen molar-refractivity contribution < 1.29 is 14.3 Å². The Labute approximate surface area is 145 Å². The molecule has 0 aliphatic carbocycles. The molecule has 1 amide bonds. The highest BCUT2D eigenvalue weighted by Gasteiger charge is 2.17. The van der Waals surface area contributed by atoms with Crippen molar-refractivity contribution in [3.63, 3.8) is 0 Å². The summed E-state index contributed by atoms with van der Waals surface area (Å²) in [6.45, 7) is 6.03. The summed E-state index contributed by atoms with van der Waals surface area (Å²) in [5.74, 6) is -0.342. The molecular formula is C17H20ClN3O3. The summed E-state index contributed by atoms with van der Waals surface area (Å²) in [5, 5.41) is 4.14. The summed E-state index contributed by atoms with van der Waals surface area (Å²) >= 11 is 6.05. The molecule has 1 aromatic heterocycles. The summed E-state index contributed by atoms with van der Waals surface area (Å²) in [6.07, 6.45) is 1.58. The van der Waals surface area contributed by atoms with Gasteiger partial charge in [-0.3, -0.25) is 19.1 Å². The summed E-state index contributed by atoms with van der Waals surface area (Å²) in [5.41, 5.74) is 1.15. The molecular weight excluding hydrogens is 330 g/mol. The molecule has 0 atom stereocenters. The van der Waals surface area contributed by atoms with Gasteiger partial charge in [-0.1, -0.05) is 11.6 Å². The van der Waals surface area contributed by atoms with Crippen LogP contribution in [0, 0.1) is 0 Å². The molecule has 7 heteroatoms. The van der Waals surface area contributed by atoms with Crippen molar-refractivity contribution in [2.45, 2.75) is 6.92 Å². The van der Waals surface area contributed by atoms with E-state index < -0.39 is 0 Å². The molecule has 24 heavy (non-hydrogen) atoms. The van der Waals surface area contributed by atoms with Crippen molar-refractivity contribution in [1.29, 1.82) is 0 Å². The van der Waals surface area contributed by atoms with Crippen LogP contribution >= 0.6 is 11.6 Å². The Balaban J connectivity index is 1.74. The monoisotopic (exact) mass is 349 g/mol. The third-order valence-corrected chi connectivity index (χ3v) is 4.40. The molecule has 1 aliphatic rings. The quantitative estimate of drug-likeness (QED) is 0.917. The second-order valence-corrected chi connectivity index (χ2v) is 6.24. The molecule has 0 bridgehead atoms. The first kappa shape index (κ1) is 17.0. The molecule has 0 saturated carbocycles. The number of fused-ring (bicyclic) bond motifs is 1. The van der Waals surface area contributed by atoms with Crippen LogP contribution in [0.25, 0.3) is 10.9 Å². The number of morpholine rings is 1. The van der Waals surface area contributed by atoms with Crippen molar-refractivity contribution in [1.82, 2.24) is 14.8 Å². The highest BCUT2D eigenvalue weighted by Crippen LogP contribution is 2.25. The lowest BCUT2D eigenvalue weighted by atomic mass is 10.1. The van der Waals surface area contributed by atoms with Gasteiger partial charge in [-0.15, -0.1) is 0 Å². The molecule has 1 saturated heterocycles. The van der Waals surface area contributed by atoms with Crippen molar-refractivity contribution in [2.75, 3.05) is 39.4 Å². The minimum absolute atomic E-state index is 0.144. The summed E-state index contributed by atoms with van der Waals surface area (Å²) in [4.78, 5) is 26.6. The normalized spacial score (nSPS) is 15.6. The second kappa shape index (κ2) is 7.34. The Morgan fingerprint density at radius 1 is 1.29 bits per heavy atom. The predicted octanol–water partition coefficient (Wildman–Crippen LogP) is 2.02. The van der Waals surface area contributed by atoms with E-state index in [1.54, 1.807) is 24.4 Å². The highest BCUT2D eigenvalue weighted by molar-refractivity contribution is 6.31. The van der Waals surface area contributed by atoms with E-state index in [4.69, 9.17) is 16.3 Å². The summed E-state index contributed by atoms with van der Waals surface area (Å²) in [6, 6.07) is 5.18. The molecule has 1 aromatic carbocycles. The summed E-state index contributed by atoms with van der Waals surface area (Å²) in [7, 11) is 0. The van der Waals surface area contributed by atoms with Crippen LogP contribution < -0.4 is 5.32 Å². The number of rotatable bonds is 4. The van der Waals surface area contributed by atoms with Crippen LogP contribution in [0.4, 0.5) is 0 Å². The zero-order valence-electron chi connectivity index (χ0n) is 13.5. The number of benzene rings is 1. The van der Waals surface area contributed by atoms with Crippen LogP contribution in [0.2, 0.25) is 5.02 Å². The Hall–Kier alpha value is -1.89. The molecule has 0 spiro atoms. The number of hydrogen-bond acceptors (Lipinski definition) is 4. The molecule has 2 aromatic rings. The predicted molar refractivity (Wildman–Crippen MR) is 92.8 cm³/mol. The van der Waals surface area contributed by atoms with Crippen molar-refractivity contribution in [3.05, 3.63) is 35.0 Å². The maximum absolute atomic E-state index is 12.5. The molecule has 1 aliphatic heterocycles. The zero-order chi connectivity index (χ0) is 17.1. The standard InChI is InChI=1S/C17H20ClN3O3/c1-12(22)21-11-15(14-10-13(18)2-3-16(14)21)17(23)19-4-5-20-6-8-24-9-7-20/h2-3,10-11H,4-9H2,1H3,(H,19,23). The molecule has 6 nitrogen and oxygen atoms in total. The Morgan fingerprint density at radius 3 is 2.75 bits per heavy atom. The minimum Gasteiger partial charge on any atom is -0.379 e. The van der Waals surface area contributed by atoms with Crippen LogP contribution in [0.5, 0.6) is 0 Å². The van der Waals surface area contributed by atoms with E-state index in [0.29, 0.717) is 28.0 Å². The van der Waals surface area contributed by atoms with Gasteiger partial charge in [0.05, 0.1) is 24.3 Å². The lowest BCUT2D eigenvalue weighted by Crippen LogP contribution is -2.41. The van der Waals surface area contributed by atoms with Gasteiger partial charge in [-0.05, 0) is 18.2 Å². The van der Waals surface area contributed by atoms with E-state index >= 15 is 0 Å². The number of amides is 1. The maximum atomic E-state index is 12.5. The summed E-state index contributed by atoms with van der Waals surface area (Å²) < 4.78 is 6.78.